The van der Waals surface area contributed by atoms with Crippen LogP contribution in [0.5, 0.6) is 5.88 Å². The second-order valence-corrected chi connectivity index (χ2v) is 11.1. The molecule has 2 aromatic rings. The van der Waals surface area contributed by atoms with Crippen molar-refractivity contribution in [1.29, 1.82) is 0 Å². The Morgan fingerprint density at radius 1 is 1.19 bits per heavy atom. The molecule has 2 atom stereocenters. The van der Waals surface area contributed by atoms with Crippen molar-refractivity contribution in [2.24, 2.45) is 11.3 Å². The number of fused-ring (bicyclic) bond motifs is 1. The molecule has 12 nitrogen and oxygen atoms in total. The summed E-state index contributed by atoms with van der Waals surface area (Å²) in [5.74, 6) is -2.72. The largest absolute Gasteiger partial charge is 0.493 e. The Morgan fingerprint density at radius 2 is 1.92 bits per heavy atom. The summed E-state index contributed by atoms with van der Waals surface area (Å²) >= 11 is 1.25. The Labute approximate surface area is 217 Å². The van der Waals surface area contributed by atoms with E-state index in [1.807, 2.05) is 6.07 Å². The number of nitrogens with one attached hydrogen (secondary N) is 3. The lowest BCUT2D eigenvalue weighted by atomic mass is 9.92. The number of carbonyl (C=O) groups excluding carboxylic acids is 2. The van der Waals surface area contributed by atoms with Crippen molar-refractivity contribution in [2.45, 2.75) is 58.9 Å². The van der Waals surface area contributed by atoms with Crippen molar-refractivity contribution in [3.8, 4) is 5.88 Å². The van der Waals surface area contributed by atoms with Crippen molar-refractivity contribution in [1.82, 2.24) is 15.3 Å². The molecule has 1 unspecified atom stereocenters. The molecule has 0 bridgehead atoms. The number of carboxylic acids is 2. The number of nitrogens with zero attached hydrogens (tertiary/aromatic N) is 2. The van der Waals surface area contributed by atoms with Gasteiger partial charge in [-0.2, -0.15) is 9.97 Å². The number of aromatic hydroxyl groups is 1. The van der Waals surface area contributed by atoms with Crippen molar-refractivity contribution < 1.29 is 34.5 Å². The molecule has 2 aromatic heterocycles. The van der Waals surface area contributed by atoms with Gasteiger partial charge in [0.15, 0.2) is 0 Å². The van der Waals surface area contributed by atoms with Crippen LogP contribution in [-0.4, -0.2) is 61.6 Å². The van der Waals surface area contributed by atoms with Gasteiger partial charge in [-0.3, -0.25) is 19.7 Å². The molecule has 0 radical (unpaired) electrons. The fourth-order valence-corrected chi connectivity index (χ4v) is 4.62. The van der Waals surface area contributed by atoms with Crippen molar-refractivity contribution in [2.75, 3.05) is 17.2 Å². The van der Waals surface area contributed by atoms with Gasteiger partial charge in [0, 0.05) is 23.3 Å². The van der Waals surface area contributed by atoms with Crippen LogP contribution in [0.1, 0.15) is 60.1 Å². The number of anilines is 2. The van der Waals surface area contributed by atoms with E-state index in [9.17, 15) is 29.4 Å². The first-order valence-corrected chi connectivity index (χ1v) is 12.6. The fraction of sp³-hybridized carbons (Fsp3) is 0.500. The van der Waals surface area contributed by atoms with Crippen LogP contribution in [0.2, 0.25) is 0 Å². The van der Waals surface area contributed by atoms with E-state index in [1.54, 1.807) is 26.8 Å². The van der Waals surface area contributed by atoms with Crippen molar-refractivity contribution in [3.05, 3.63) is 27.5 Å². The van der Waals surface area contributed by atoms with Crippen LogP contribution < -0.4 is 16.0 Å². The minimum atomic E-state index is -1.28. The second kappa shape index (κ2) is 11.5. The van der Waals surface area contributed by atoms with E-state index in [1.165, 1.54) is 11.3 Å². The van der Waals surface area contributed by atoms with Crippen molar-refractivity contribution in [3.63, 3.8) is 0 Å². The molecule has 0 fully saturated rings. The smallest absolute Gasteiger partial charge is 0.326 e. The molecule has 0 aliphatic carbocycles. The molecule has 37 heavy (non-hydrogen) atoms. The van der Waals surface area contributed by atoms with E-state index >= 15 is 0 Å². The van der Waals surface area contributed by atoms with Gasteiger partial charge in [0.25, 0.3) is 5.91 Å². The zero-order valence-electron chi connectivity index (χ0n) is 20.8. The Hall–Kier alpha value is -3.74. The number of aliphatic carboxylic acids is 2. The normalized spacial score (nSPS) is 15.7. The number of amides is 2. The third-order valence-electron chi connectivity index (χ3n) is 5.88. The number of carboxylic acid groups (broad SMARTS) is 2. The number of carbonyl (C=O) groups is 4. The molecule has 0 aromatic carbocycles. The number of hydrogen-bond donors (Lipinski definition) is 6. The molecule has 1 aliphatic rings. The average Bonchev–Trinajstić information content (AvgIpc) is 3.29. The van der Waals surface area contributed by atoms with Gasteiger partial charge in [0.05, 0.1) is 10.4 Å². The zero-order valence-corrected chi connectivity index (χ0v) is 21.6. The number of aromatic nitrogens is 2. The zero-order chi connectivity index (χ0) is 27.3. The Kier molecular flexibility index (Phi) is 8.69. The highest BCUT2D eigenvalue weighted by Crippen LogP contribution is 2.33. The Balaban J connectivity index is 1.56. The van der Waals surface area contributed by atoms with Crippen LogP contribution in [0.15, 0.2) is 12.1 Å². The van der Waals surface area contributed by atoms with Gasteiger partial charge in [-0.1, -0.05) is 20.8 Å². The maximum atomic E-state index is 12.5. The van der Waals surface area contributed by atoms with Gasteiger partial charge >= 0.3 is 11.9 Å². The van der Waals surface area contributed by atoms with Gasteiger partial charge in [-0.15, -0.1) is 11.3 Å². The van der Waals surface area contributed by atoms with Crippen LogP contribution in [0.25, 0.3) is 0 Å². The molecule has 13 heteroatoms. The number of aryl methyl sites for hydroxylation is 1. The van der Waals surface area contributed by atoms with Gasteiger partial charge in [0.2, 0.25) is 17.7 Å². The molecule has 6 N–H and O–H groups in total. The van der Waals surface area contributed by atoms with Crippen LogP contribution in [0.4, 0.5) is 11.8 Å². The van der Waals surface area contributed by atoms with Gasteiger partial charge in [-0.05, 0) is 43.7 Å². The summed E-state index contributed by atoms with van der Waals surface area (Å²) in [6, 6.07) is 2.15. The number of rotatable bonds is 10. The minimum absolute atomic E-state index is 0.0413. The Bertz CT molecular complexity index is 1190. The standard InChI is InChI=1S/C24H31N5O7S/c1-24(2,3)22(36)29-23-27-18-14(19(32)28-23)10-12(11-25-18)4-5-13-6-8-16(37-13)20(33)26-15(21(34)35)7-9-17(30)31/h6,8,12,15H,4-5,7,9-11H2,1-3H3,(H,26,33)(H,30,31)(H,34,35)(H3,25,27,28,29,32,36)/t12?,15-/m0/s1. The summed E-state index contributed by atoms with van der Waals surface area (Å²) in [6.45, 7) is 5.91. The van der Waals surface area contributed by atoms with E-state index in [-0.39, 0.29) is 36.5 Å². The molecule has 200 valence electrons. The third kappa shape index (κ3) is 7.62. The third-order valence-corrected chi connectivity index (χ3v) is 7.02. The van der Waals surface area contributed by atoms with E-state index in [2.05, 4.69) is 25.9 Å². The van der Waals surface area contributed by atoms with E-state index < -0.39 is 29.3 Å². The molecule has 2 amide bonds. The molecule has 0 spiro atoms. The maximum Gasteiger partial charge on any atom is 0.326 e. The second-order valence-electron chi connectivity index (χ2n) is 9.95. The van der Waals surface area contributed by atoms with Gasteiger partial charge in [0.1, 0.15) is 11.9 Å². The van der Waals surface area contributed by atoms with Gasteiger partial charge < -0.3 is 26.0 Å². The lowest BCUT2D eigenvalue weighted by molar-refractivity contribution is -0.140. The lowest BCUT2D eigenvalue weighted by Gasteiger charge is -2.26. The molecule has 0 saturated heterocycles. The van der Waals surface area contributed by atoms with Crippen LogP contribution in [0.3, 0.4) is 0 Å². The topological polar surface area (TPSA) is 191 Å². The molecule has 3 heterocycles. The summed E-state index contributed by atoms with van der Waals surface area (Å²) in [5.41, 5.74) is -0.0500. The minimum Gasteiger partial charge on any atom is -0.493 e. The summed E-state index contributed by atoms with van der Waals surface area (Å²) < 4.78 is 0. The summed E-state index contributed by atoms with van der Waals surface area (Å²) in [7, 11) is 0. The van der Waals surface area contributed by atoms with Crippen LogP contribution in [0, 0.1) is 11.3 Å². The average molecular weight is 534 g/mol. The predicted molar refractivity (Wildman–Crippen MR) is 136 cm³/mol. The summed E-state index contributed by atoms with van der Waals surface area (Å²) in [5, 5.41) is 36.6. The first-order chi connectivity index (χ1) is 17.3. The fourth-order valence-electron chi connectivity index (χ4n) is 3.69. The number of hydrogen-bond acceptors (Lipinski definition) is 9. The summed E-state index contributed by atoms with van der Waals surface area (Å²) in [6.07, 6.45) is 1.41. The molecule has 0 saturated carbocycles. The highest BCUT2D eigenvalue weighted by Gasteiger charge is 2.27. The monoisotopic (exact) mass is 533 g/mol. The van der Waals surface area contributed by atoms with E-state index in [4.69, 9.17) is 5.11 Å². The lowest BCUT2D eigenvalue weighted by Crippen LogP contribution is -2.40. The van der Waals surface area contributed by atoms with E-state index in [0.717, 1.165) is 11.3 Å². The highest BCUT2D eigenvalue weighted by atomic mass is 32.1. The van der Waals surface area contributed by atoms with Crippen LogP contribution in [-0.2, 0) is 27.2 Å². The highest BCUT2D eigenvalue weighted by molar-refractivity contribution is 7.14. The number of thiophene rings is 1. The molecular weight excluding hydrogens is 502 g/mol. The quantitative estimate of drug-likeness (QED) is 0.264. The molecular formula is C24H31N5O7S. The first kappa shape index (κ1) is 27.8. The SMILES string of the molecule is CC(C)(C)C(=O)Nc1nc(O)c2c(n1)NCC(CCc1ccc(C(=O)N[C@@H](CCC(=O)O)C(=O)O)s1)C2. The first-order valence-electron chi connectivity index (χ1n) is 11.8. The van der Waals surface area contributed by atoms with Gasteiger partial charge in [-0.25, -0.2) is 4.79 Å². The summed E-state index contributed by atoms with van der Waals surface area (Å²) in [4.78, 5) is 56.3. The van der Waals surface area contributed by atoms with Crippen LogP contribution >= 0.6 is 11.3 Å². The Morgan fingerprint density at radius 3 is 2.57 bits per heavy atom. The van der Waals surface area contributed by atoms with E-state index in [0.29, 0.717) is 35.6 Å². The molecule has 3 rings (SSSR count). The van der Waals surface area contributed by atoms with Crippen molar-refractivity contribution >= 4 is 46.9 Å². The predicted octanol–water partition coefficient (Wildman–Crippen LogP) is 2.49. The maximum absolute atomic E-state index is 12.5. The molecule has 1 aliphatic heterocycles.